The number of amides is 1. The van der Waals surface area contributed by atoms with Gasteiger partial charge in [-0.05, 0) is 25.7 Å². The fourth-order valence-corrected chi connectivity index (χ4v) is 1.68. The largest absolute Gasteiger partial charge is 0.401 e. The van der Waals surface area contributed by atoms with E-state index in [1.807, 2.05) is 6.92 Å². The van der Waals surface area contributed by atoms with E-state index in [-0.39, 0.29) is 18.5 Å². The van der Waals surface area contributed by atoms with Crippen LogP contribution < -0.4 is 10.6 Å². The van der Waals surface area contributed by atoms with Crippen LogP contribution in [0.5, 0.6) is 0 Å². The van der Waals surface area contributed by atoms with Crippen molar-refractivity contribution < 1.29 is 18.0 Å². The molecule has 0 bridgehead atoms. The molecule has 2 N–H and O–H groups in total. The fraction of sp³-hybridized carbons (Fsp3) is 0.900. The van der Waals surface area contributed by atoms with Crippen LogP contribution in [0.15, 0.2) is 0 Å². The van der Waals surface area contributed by atoms with Crippen LogP contribution in [-0.4, -0.2) is 31.2 Å². The number of halogens is 3. The average molecular weight is 238 g/mol. The van der Waals surface area contributed by atoms with E-state index in [4.69, 9.17) is 0 Å². The second-order valence-electron chi connectivity index (χ2n) is 4.27. The SMILES string of the molecule is CC(NC(=O)CNCC(F)(F)F)C1CCC1. The van der Waals surface area contributed by atoms with Crippen LogP contribution in [0.2, 0.25) is 0 Å². The number of rotatable bonds is 5. The molecule has 0 aromatic rings. The Morgan fingerprint density at radius 2 is 2.06 bits per heavy atom. The minimum atomic E-state index is -4.26. The van der Waals surface area contributed by atoms with Gasteiger partial charge in [-0.2, -0.15) is 13.2 Å². The van der Waals surface area contributed by atoms with Gasteiger partial charge in [0.15, 0.2) is 0 Å². The van der Waals surface area contributed by atoms with Gasteiger partial charge in [-0.25, -0.2) is 0 Å². The summed E-state index contributed by atoms with van der Waals surface area (Å²) in [7, 11) is 0. The van der Waals surface area contributed by atoms with E-state index in [1.165, 1.54) is 6.42 Å². The monoisotopic (exact) mass is 238 g/mol. The van der Waals surface area contributed by atoms with Crippen molar-refractivity contribution in [3.8, 4) is 0 Å². The minimum Gasteiger partial charge on any atom is -0.352 e. The maximum absolute atomic E-state index is 11.8. The molecule has 0 heterocycles. The predicted molar refractivity (Wildman–Crippen MR) is 53.9 cm³/mol. The molecule has 1 amide bonds. The van der Waals surface area contributed by atoms with Gasteiger partial charge in [-0.15, -0.1) is 0 Å². The first kappa shape index (κ1) is 13.3. The Balaban J connectivity index is 2.10. The zero-order chi connectivity index (χ0) is 12.2. The Morgan fingerprint density at radius 1 is 1.44 bits per heavy atom. The van der Waals surface area contributed by atoms with Crippen LogP contribution in [0.1, 0.15) is 26.2 Å². The highest BCUT2D eigenvalue weighted by atomic mass is 19.4. The van der Waals surface area contributed by atoms with Crippen molar-refractivity contribution >= 4 is 5.91 Å². The maximum atomic E-state index is 11.8. The summed E-state index contributed by atoms with van der Waals surface area (Å²) in [5, 5.41) is 4.77. The third-order valence-electron chi connectivity index (χ3n) is 2.86. The fourth-order valence-electron chi connectivity index (χ4n) is 1.68. The Bertz CT molecular complexity index is 239. The molecule has 1 saturated carbocycles. The molecule has 6 heteroatoms. The zero-order valence-corrected chi connectivity index (χ0v) is 9.23. The first-order chi connectivity index (χ1) is 7.38. The number of alkyl halides is 3. The first-order valence-electron chi connectivity index (χ1n) is 5.45. The van der Waals surface area contributed by atoms with Crippen molar-refractivity contribution in [1.29, 1.82) is 0 Å². The molecule has 0 aliphatic heterocycles. The molecule has 3 nitrogen and oxygen atoms in total. The smallest absolute Gasteiger partial charge is 0.352 e. The third kappa shape index (κ3) is 4.83. The van der Waals surface area contributed by atoms with Gasteiger partial charge in [0.25, 0.3) is 0 Å². The summed E-state index contributed by atoms with van der Waals surface area (Å²) in [6, 6.07) is 0.0638. The minimum absolute atomic E-state index is 0.0638. The van der Waals surface area contributed by atoms with Gasteiger partial charge < -0.3 is 10.6 Å². The number of carbonyl (C=O) groups is 1. The highest BCUT2D eigenvalue weighted by molar-refractivity contribution is 5.78. The van der Waals surface area contributed by atoms with Gasteiger partial charge in [-0.1, -0.05) is 6.42 Å². The van der Waals surface area contributed by atoms with E-state index in [2.05, 4.69) is 10.6 Å². The van der Waals surface area contributed by atoms with E-state index in [1.54, 1.807) is 0 Å². The summed E-state index contributed by atoms with van der Waals surface area (Å²) < 4.78 is 35.3. The molecule has 0 aromatic heterocycles. The van der Waals surface area contributed by atoms with Crippen molar-refractivity contribution in [1.82, 2.24) is 10.6 Å². The molecule has 1 unspecified atom stereocenters. The highest BCUT2D eigenvalue weighted by Gasteiger charge is 2.27. The Labute approximate surface area is 92.8 Å². The molecule has 0 spiro atoms. The molecule has 94 valence electrons. The summed E-state index contributed by atoms with van der Waals surface area (Å²) in [6.45, 7) is 0.486. The standard InChI is InChI=1S/C10H17F3N2O/c1-7(8-3-2-4-8)15-9(16)5-14-6-10(11,12)13/h7-8,14H,2-6H2,1H3,(H,15,16). The summed E-state index contributed by atoms with van der Waals surface area (Å²) in [4.78, 5) is 11.2. The van der Waals surface area contributed by atoms with Crippen molar-refractivity contribution in [3.05, 3.63) is 0 Å². The molecule has 1 fully saturated rings. The normalized spacial score (nSPS) is 19.0. The summed E-state index contributed by atoms with van der Waals surface area (Å²) in [5.41, 5.74) is 0. The van der Waals surface area contributed by atoms with E-state index in [9.17, 15) is 18.0 Å². The molecule has 1 aliphatic rings. The number of nitrogens with one attached hydrogen (secondary N) is 2. The van der Waals surface area contributed by atoms with Crippen LogP contribution in [0.4, 0.5) is 13.2 Å². The van der Waals surface area contributed by atoms with Crippen LogP contribution in [0.3, 0.4) is 0 Å². The molecule has 0 radical (unpaired) electrons. The molecule has 16 heavy (non-hydrogen) atoms. The number of hydrogen-bond donors (Lipinski definition) is 2. The first-order valence-corrected chi connectivity index (χ1v) is 5.45. The Hall–Kier alpha value is -0.780. The topological polar surface area (TPSA) is 41.1 Å². The lowest BCUT2D eigenvalue weighted by molar-refractivity contribution is -0.128. The lowest BCUT2D eigenvalue weighted by atomic mass is 9.80. The van der Waals surface area contributed by atoms with Gasteiger partial charge in [0.05, 0.1) is 13.1 Å². The molecule has 0 saturated heterocycles. The maximum Gasteiger partial charge on any atom is 0.401 e. The van der Waals surface area contributed by atoms with E-state index in [0.717, 1.165) is 12.8 Å². The van der Waals surface area contributed by atoms with Crippen LogP contribution in [-0.2, 0) is 4.79 Å². The van der Waals surface area contributed by atoms with Gasteiger partial charge >= 0.3 is 6.18 Å². The second kappa shape index (κ2) is 5.52. The zero-order valence-electron chi connectivity index (χ0n) is 9.23. The second-order valence-corrected chi connectivity index (χ2v) is 4.27. The van der Waals surface area contributed by atoms with Gasteiger partial charge in [0, 0.05) is 6.04 Å². The van der Waals surface area contributed by atoms with Crippen LogP contribution >= 0.6 is 0 Å². The molecule has 1 atom stereocenters. The highest BCUT2D eigenvalue weighted by Crippen LogP contribution is 2.29. The van der Waals surface area contributed by atoms with Crippen molar-refractivity contribution in [2.45, 2.75) is 38.4 Å². The molecular formula is C10H17F3N2O. The summed E-state index contributed by atoms with van der Waals surface area (Å²) in [6.07, 6.45) is -0.897. The van der Waals surface area contributed by atoms with E-state index < -0.39 is 12.7 Å². The third-order valence-corrected chi connectivity index (χ3v) is 2.86. The summed E-state index contributed by atoms with van der Waals surface area (Å²) >= 11 is 0. The molecular weight excluding hydrogens is 221 g/mol. The quantitative estimate of drug-likeness (QED) is 0.761. The summed E-state index contributed by atoms with van der Waals surface area (Å²) in [5.74, 6) is 0.121. The van der Waals surface area contributed by atoms with Crippen molar-refractivity contribution in [2.75, 3.05) is 13.1 Å². The lowest BCUT2D eigenvalue weighted by Gasteiger charge is -2.31. The molecule has 1 aliphatic carbocycles. The van der Waals surface area contributed by atoms with Crippen LogP contribution in [0, 0.1) is 5.92 Å². The van der Waals surface area contributed by atoms with Crippen LogP contribution in [0.25, 0.3) is 0 Å². The van der Waals surface area contributed by atoms with Gasteiger partial charge in [-0.3, -0.25) is 4.79 Å². The number of hydrogen-bond acceptors (Lipinski definition) is 2. The molecule has 0 aromatic carbocycles. The Kier molecular flexibility index (Phi) is 4.58. The van der Waals surface area contributed by atoms with Gasteiger partial charge in [0.2, 0.25) is 5.91 Å². The van der Waals surface area contributed by atoms with E-state index in [0.29, 0.717) is 5.92 Å². The predicted octanol–water partition coefficient (Wildman–Crippen LogP) is 1.44. The number of carbonyl (C=O) groups excluding carboxylic acids is 1. The van der Waals surface area contributed by atoms with E-state index >= 15 is 0 Å². The lowest BCUT2D eigenvalue weighted by Crippen LogP contribution is -2.45. The Morgan fingerprint density at radius 3 is 2.50 bits per heavy atom. The average Bonchev–Trinajstić information content (AvgIpc) is 1.96. The van der Waals surface area contributed by atoms with Crippen molar-refractivity contribution in [2.24, 2.45) is 5.92 Å². The van der Waals surface area contributed by atoms with Crippen molar-refractivity contribution in [3.63, 3.8) is 0 Å². The van der Waals surface area contributed by atoms with Gasteiger partial charge in [0.1, 0.15) is 0 Å². The molecule has 1 rings (SSSR count).